The van der Waals surface area contributed by atoms with E-state index in [0.717, 1.165) is 79.2 Å². The third-order valence-electron chi connectivity index (χ3n) is 12.1. The molecule has 10 nitrogen and oxygen atoms in total. The highest BCUT2D eigenvalue weighted by atomic mass is 19.4. The Morgan fingerprint density at radius 1 is 1.06 bits per heavy atom. The average molecular weight is 716 g/mol. The number of ether oxygens (including phenoxy) is 2. The first kappa shape index (κ1) is 33.4. The number of hydrogen-bond acceptors (Lipinski definition) is 8. The van der Waals surface area contributed by atoms with Gasteiger partial charge in [-0.25, -0.2) is 0 Å². The molecule has 0 bridgehead atoms. The molecule has 5 aliphatic rings. The van der Waals surface area contributed by atoms with Crippen LogP contribution in [0.5, 0.6) is 11.8 Å². The van der Waals surface area contributed by atoms with Crippen molar-refractivity contribution in [1.29, 1.82) is 0 Å². The van der Waals surface area contributed by atoms with Gasteiger partial charge < -0.3 is 24.2 Å². The maximum Gasteiger partial charge on any atom is 0.422 e. The molecule has 5 heterocycles. The molecule has 2 aromatic heterocycles. The van der Waals surface area contributed by atoms with Gasteiger partial charge in [0.15, 0.2) is 12.4 Å². The Balaban J connectivity index is 1.16. The van der Waals surface area contributed by atoms with Crippen molar-refractivity contribution in [3.63, 3.8) is 0 Å². The number of carbonyl (C=O) groups excluding carboxylic acids is 1. The number of benzene rings is 2. The van der Waals surface area contributed by atoms with Crippen LogP contribution in [0.4, 0.5) is 19.0 Å². The van der Waals surface area contributed by atoms with Crippen LogP contribution in [0, 0.1) is 12.3 Å². The van der Waals surface area contributed by atoms with E-state index in [2.05, 4.69) is 32.6 Å². The largest absolute Gasteiger partial charge is 0.481 e. The van der Waals surface area contributed by atoms with E-state index in [-0.39, 0.29) is 35.1 Å². The monoisotopic (exact) mass is 715 g/mol. The minimum absolute atomic E-state index is 0.0436. The molecule has 13 heteroatoms. The predicted octanol–water partition coefficient (Wildman–Crippen LogP) is 6.92. The van der Waals surface area contributed by atoms with Gasteiger partial charge in [0, 0.05) is 66.8 Å². The van der Waals surface area contributed by atoms with Crippen LogP contribution >= 0.6 is 0 Å². The lowest BCUT2D eigenvalue weighted by molar-refractivity contribution is -0.153. The quantitative estimate of drug-likeness (QED) is 0.187. The second-order valence-corrected chi connectivity index (χ2v) is 15.7. The SMILES string of the molecule is C=CC(=O)N1CC2(CCN(c3nc(OC4CC(N5CCCC5)C4)nc4c(OCC(F)(F)F)c(-c5c(C)ccc6[nH]ncc56)c(C5CC5)cc34)CC2)C1. The maximum absolute atomic E-state index is 14.0. The van der Waals surface area contributed by atoms with Crippen LogP contribution in [0.1, 0.15) is 68.4 Å². The Labute approximate surface area is 300 Å². The molecule has 2 saturated carbocycles. The lowest BCUT2D eigenvalue weighted by atomic mass is 9.72. The van der Waals surface area contributed by atoms with Crippen molar-refractivity contribution < 1.29 is 27.4 Å². The van der Waals surface area contributed by atoms with Crippen molar-refractivity contribution in [2.24, 2.45) is 5.41 Å². The van der Waals surface area contributed by atoms with E-state index in [4.69, 9.17) is 19.4 Å². The van der Waals surface area contributed by atoms with Crippen LogP contribution in [0.3, 0.4) is 0 Å². The summed E-state index contributed by atoms with van der Waals surface area (Å²) >= 11 is 0. The maximum atomic E-state index is 14.0. The number of aromatic nitrogens is 4. The third-order valence-corrected chi connectivity index (χ3v) is 12.1. The van der Waals surface area contributed by atoms with Gasteiger partial charge in [-0.1, -0.05) is 12.6 Å². The van der Waals surface area contributed by atoms with Gasteiger partial charge >= 0.3 is 12.2 Å². The summed E-state index contributed by atoms with van der Waals surface area (Å²) < 4.78 is 54.6. The van der Waals surface area contributed by atoms with Gasteiger partial charge in [-0.3, -0.25) is 9.89 Å². The summed E-state index contributed by atoms with van der Waals surface area (Å²) in [4.78, 5) is 28.8. The predicted molar refractivity (Wildman–Crippen MR) is 192 cm³/mol. The highest BCUT2D eigenvalue weighted by molar-refractivity contribution is 6.06. The summed E-state index contributed by atoms with van der Waals surface area (Å²) in [5, 5.41) is 8.80. The van der Waals surface area contributed by atoms with E-state index in [0.29, 0.717) is 54.5 Å². The molecular formula is C39H44F3N7O3. The molecule has 2 aromatic carbocycles. The minimum atomic E-state index is -4.56. The zero-order chi connectivity index (χ0) is 35.8. The Morgan fingerprint density at radius 2 is 1.81 bits per heavy atom. The third kappa shape index (κ3) is 6.04. The molecule has 1 spiro atoms. The fraction of sp³-hybridized carbons (Fsp3) is 0.538. The molecular weight excluding hydrogens is 671 g/mol. The molecule has 3 aliphatic heterocycles. The first-order valence-corrected chi connectivity index (χ1v) is 18.7. The van der Waals surface area contributed by atoms with Crippen molar-refractivity contribution in [2.45, 2.75) is 82.5 Å². The Morgan fingerprint density at radius 3 is 2.50 bits per heavy atom. The zero-order valence-electron chi connectivity index (χ0n) is 29.5. The van der Waals surface area contributed by atoms with Gasteiger partial charge in [0.2, 0.25) is 5.91 Å². The number of aromatic amines is 1. The van der Waals surface area contributed by atoms with Crippen molar-refractivity contribution in [3.05, 3.63) is 48.2 Å². The normalized spacial score (nSPS) is 23.2. The molecule has 1 amide bonds. The highest BCUT2D eigenvalue weighted by Crippen LogP contribution is 2.53. The number of amides is 1. The Hall–Kier alpha value is -4.39. The number of anilines is 1. The van der Waals surface area contributed by atoms with E-state index in [1.165, 1.54) is 18.9 Å². The molecule has 2 aliphatic carbocycles. The van der Waals surface area contributed by atoms with Crippen LogP contribution in [0.25, 0.3) is 32.9 Å². The number of fused-ring (bicyclic) bond motifs is 2. The first-order chi connectivity index (χ1) is 25.1. The number of alkyl halides is 3. The average Bonchev–Trinajstić information content (AvgIpc) is 3.58. The second kappa shape index (κ2) is 12.6. The summed E-state index contributed by atoms with van der Waals surface area (Å²) in [6.07, 6.45) is 6.22. The molecule has 9 rings (SSSR count). The summed E-state index contributed by atoms with van der Waals surface area (Å²) in [5.41, 5.74) is 4.44. The summed E-state index contributed by atoms with van der Waals surface area (Å²) in [7, 11) is 0. The number of rotatable bonds is 9. The lowest BCUT2D eigenvalue weighted by Gasteiger charge is -2.54. The lowest BCUT2D eigenvalue weighted by Crippen LogP contribution is -2.61. The number of piperidine rings is 1. The number of H-pyrrole nitrogens is 1. The molecule has 0 radical (unpaired) electrons. The highest BCUT2D eigenvalue weighted by Gasteiger charge is 2.47. The fourth-order valence-corrected chi connectivity index (χ4v) is 8.99. The number of hydrogen-bond donors (Lipinski definition) is 1. The van der Waals surface area contributed by atoms with Gasteiger partial charge in [0.1, 0.15) is 17.4 Å². The van der Waals surface area contributed by atoms with E-state index in [1.807, 2.05) is 24.0 Å². The topological polar surface area (TPSA) is 99.7 Å². The molecule has 0 unspecified atom stereocenters. The second-order valence-electron chi connectivity index (χ2n) is 15.7. The number of likely N-dealkylation sites (tertiary alicyclic amines) is 2. The number of halogens is 3. The van der Waals surface area contributed by atoms with E-state index in [9.17, 15) is 18.0 Å². The van der Waals surface area contributed by atoms with Crippen molar-refractivity contribution in [1.82, 2.24) is 30.0 Å². The number of carbonyl (C=O) groups is 1. The van der Waals surface area contributed by atoms with Gasteiger partial charge in [0.05, 0.1) is 11.7 Å². The van der Waals surface area contributed by atoms with Gasteiger partial charge in [0.25, 0.3) is 0 Å². The van der Waals surface area contributed by atoms with Crippen LogP contribution in [-0.4, -0.2) is 100 Å². The van der Waals surface area contributed by atoms with Crippen LogP contribution in [-0.2, 0) is 4.79 Å². The molecule has 1 N–H and O–H groups in total. The molecule has 4 aromatic rings. The van der Waals surface area contributed by atoms with Crippen molar-refractivity contribution >= 4 is 33.5 Å². The minimum Gasteiger partial charge on any atom is -0.481 e. The van der Waals surface area contributed by atoms with Crippen LogP contribution < -0.4 is 14.4 Å². The molecule has 5 fully saturated rings. The Bertz CT molecular complexity index is 2030. The van der Waals surface area contributed by atoms with Crippen molar-refractivity contribution in [3.8, 4) is 22.9 Å². The van der Waals surface area contributed by atoms with Crippen molar-refractivity contribution in [2.75, 3.05) is 50.8 Å². The summed E-state index contributed by atoms with van der Waals surface area (Å²) in [6, 6.07) is 6.64. The summed E-state index contributed by atoms with van der Waals surface area (Å²) in [5.74, 6) is 0.892. The fourth-order valence-electron chi connectivity index (χ4n) is 8.99. The number of aryl methyl sites for hydroxylation is 1. The van der Waals surface area contributed by atoms with E-state index in [1.54, 1.807) is 6.20 Å². The van der Waals surface area contributed by atoms with E-state index < -0.39 is 12.8 Å². The summed E-state index contributed by atoms with van der Waals surface area (Å²) in [6.45, 7) is 9.16. The Kier molecular flexibility index (Phi) is 8.13. The van der Waals surface area contributed by atoms with Crippen LogP contribution in [0.2, 0.25) is 0 Å². The molecule has 52 heavy (non-hydrogen) atoms. The first-order valence-electron chi connectivity index (χ1n) is 18.7. The number of nitrogens with zero attached hydrogens (tertiary/aromatic N) is 6. The smallest absolute Gasteiger partial charge is 0.422 e. The molecule has 3 saturated heterocycles. The molecule has 274 valence electrons. The zero-order valence-corrected chi connectivity index (χ0v) is 29.5. The van der Waals surface area contributed by atoms with E-state index >= 15 is 0 Å². The standard InChI is InChI=1S/C39H44F3N7O3/c1-3-31(50)49-20-38(21-49)10-14-48(15-11-38)36-28-18-27(24-7-8-24)33(32-23(2)6-9-30-29(32)19-43-46-30)35(51-22-39(40,41)42)34(28)44-37(45-36)52-26-16-25(17-26)47-12-4-5-13-47/h3,6,9,18-19,24-26H,1,4-5,7-8,10-17,20-22H2,2H3,(H,43,46). The van der Waals surface area contributed by atoms with Gasteiger partial charge in [-0.15, -0.1) is 0 Å². The number of nitrogens with one attached hydrogen (secondary N) is 1. The van der Waals surface area contributed by atoms with Gasteiger partial charge in [-0.2, -0.15) is 28.2 Å². The molecule has 0 atom stereocenters. The van der Waals surface area contributed by atoms with Crippen LogP contribution in [0.15, 0.2) is 37.1 Å². The van der Waals surface area contributed by atoms with Gasteiger partial charge in [-0.05, 0) is 99.4 Å².